The minimum Gasteiger partial charge on any atom is -0.361 e. The SMILES string of the molecule is CC(C)(C)[B]C(=O)NC(C)(C)C. The van der Waals surface area contributed by atoms with Crippen molar-refractivity contribution < 1.29 is 4.79 Å². The lowest BCUT2D eigenvalue weighted by Crippen LogP contribution is -2.43. The Bertz CT molecular complexity index is 146. The first-order chi connectivity index (χ1) is 5.10. The minimum absolute atomic E-state index is 0.00926. The Morgan fingerprint density at radius 2 is 1.50 bits per heavy atom. The van der Waals surface area contributed by atoms with E-state index in [9.17, 15) is 4.79 Å². The molecule has 1 amide bonds. The molecule has 0 heterocycles. The molecule has 0 aliphatic heterocycles. The quantitative estimate of drug-likeness (QED) is 0.598. The van der Waals surface area contributed by atoms with Crippen LogP contribution in [0.4, 0.5) is 4.79 Å². The minimum atomic E-state index is -0.140. The second kappa shape index (κ2) is 3.50. The van der Waals surface area contributed by atoms with Crippen LogP contribution in [-0.2, 0) is 0 Å². The van der Waals surface area contributed by atoms with Crippen molar-refractivity contribution in [1.29, 1.82) is 0 Å². The zero-order chi connectivity index (χ0) is 9.99. The van der Waals surface area contributed by atoms with Crippen LogP contribution < -0.4 is 5.32 Å². The van der Waals surface area contributed by atoms with Crippen LogP contribution in [0.3, 0.4) is 0 Å². The molecule has 2 nitrogen and oxygen atoms in total. The Balaban J connectivity index is 3.92. The summed E-state index contributed by atoms with van der Waals surface area (Å²) in [4.78, 5) is 11.3. The normalized spacial score (nSPS) is 12.5. The Labute approximate surface area is 76.4 Å². The van der Waals surface area contributed by atoms with E-state index in [1.54, 1.807) is 7.28 Å². The Morgan fingerprint density at radius 3 is 1.75 bits per heavy atom. The van der Waals surface area contributed by atoms with Gasteiger partial charge >= 0.3 is 0 Å². The van der Waals surface area contributed by atoms with Crippen LogP contribution >= 0.6 is 0 Å². The van der Waals surface area contributed by atoms with Crippen molar-refractivity contribution in [3.63, 3.8) is 0 Å². The third kappa shape index (κ3) is 7.64. The highest BCUT2D eigenvalue weighted by Gasteiger charge is 2.21. The van der Waals surface area contributed by atoms with Crippen LogP contribution in [0.15, 0.2) is 0 Å². The molecule has 0 aromatic carbocycles. The highest BCUT2D eigenvalue weighted by atomic mass is 16.1. The van der Waals surface area contributed by atoms with E-state index in [-0.39, 0.29) is 16.7 Å². The molecular weight excluding hydrogens is 149 g/mol. The summed E-state index contributed by atoms with van der Waals surface area (Å²) < 4.78 is 0. The van der Waals surface area contributed by atoms with E-state index in [1.165, 1.54) is 0 Å². The number of hydrogen-bond donors (Lipinski definition) is 1. The molecule has 0 aliphatic rings. The summed E-state index contributed by atoms with van der Waals surface area (Å²) in [5.74, 6) is 0.00926. The predicted molar refractivity (Wildman–Crippen MR) is 53.8 cm³/mol. The molecule has 0 aliphatic carbocycles. The molecule has 3 heteroatoms. The van der Waals surface area contributed by atoms with E-state index < -0.39 is 0 Å². The molecule has 0 bridgehead atoms. The van der Waals surface area contributed by atoms with Gasteiger partial charge in [0, 0.05) is 5.54 Å². The smallest absolute Gasteiger partial charge is 0.239 e. The topological polar surface area (TPSA) is 29.1 Å². The van der Waals surface area contributed by atoms with E-state index in [0.29, 0.717) is 0 Å². The first kappa shape index (κ1) is 11.5. The fraction of sp³-hybridized carbons (Fsp3) is 0.889. The molecule has 1 radical (unpaired) electrons. The van der Waals surface area contributed by atoms with Gasteiger partial charge in [0.2, 0.25) is 7.28 Å². The molecule has 12 heavy (non-hydrogen) atoms. The number of amides is 1. The maximum absolute atomic E-state index is 11.3. The summed E-state index contributed by atoms with van der Waals surface area (Å²) >= 11 is 0. The maximum Gasteiger partial charge on any atom is 0.239 e. The number of rotatable bonds is 1. The standard InChI is InChI=1S/C9H19BNO/c1-8(2,3)10-7(12)11-9(4,5)6/h1-6H3,(H,11,12). The van der Waals surface area contributed by atoms with E-state index >= 15 is 0 Å². The van der Waals surface area contributed by atoms with Crippen molar-refractivity contribution in [3.8, 4) is 0 Å². The molecule has 0 saturated heterocycles. The summed E-state index contributed by atoms with van der Waals surface area (Å²) in [5, 5.41) is 2.83. The molecule has 0 atom stereocenters. The van der Waals surface area contributed by atoms with Gasteiger partial charge in [0.1, 0.15) is 0 Å². The lowest BCUT2D eigenvalue weighted by Gasteiger charge is -2.23. The molecule has 1 N–H and O–H groups in total. The Morgan fingerprint density at radius 1 is 1.08 bits per heavy atom. The summed E-state index contributed by atoms with van der Waals surface area (Å²) in [6.45, 7) is 11.9. The van der Waals surface area contributed by atoms with Crippen LogP contribution in [0.1, 0.15) is 41.5 Å². The van der Waals surface area contributed by atoms with Gasteiger partial charge in [-0.25, -0.2) is 0 Å². The van der Waals surface area contributed by atoms with E-state index in [1.807, 2.05) is 41.5 Å². The maximum atomic E-state index is 11.3. The van der Waals surface area contributed by atoms with Crippen molar-refractivity contribution in [1.82, 2.24) is 5.32 Å². The van der Waals surface area contributed by atoms with Crippen molar-refractivity contribution in [2.45, 2.75) is 52.4 Å². The van der Waals surface area contributed by atoms with Gasteiger partial charge in [-0.2, -0.15) is 0 Å². The summed E-state index contributed by atoms with van der Waals surface area (Å²) in [7, 11) is 1.71. The van der Waals surface area contributed by atoms with Crippen LogP contribution in [0, 0.1) is 0 Å². The van der Waals surface area contributed by atoms with Gasteiger partial charge in [-0.05, 0) is 20.8 Å². The van der Waals surface area contributed by atoms with E-state index in [4.69, 9.17) is 0 Å². The van der Waals surface area contributed by atoms with Gasteiger partial charge < -0.3 is 5.32 Å². The van der Waals surface area contributed by atoms with Gasteiger partial charge in [-0.15, -0.1) is 0 Å². The zero-order valence-corrected chi connectivity index (χ0v) is 8.99. The summed E-state index contributed by atoms with van der Waals surface area (Å²) in [6.07, 6.45) is 0. The van der Waals surface area contributed by atoms with Crippen LogP contribution in [-0.4, -0.2) is 18.6 Å². The number of carbonyl (C=O) groups excluding carboxylic acids is 1. The molecular formula is C9H19BNO. The fourth-order valence-corrected chi connectivity index (χ4v) is 0.799. The molecule has 0 aromatic heterocycles. The lowest BCUT2D eigenvalue weighted by molar-refractivity contribution is 0.250. The van der Waals surface area contributed by atoms with Crippen LogP contribution in [0.25, 0.3) is 0 Å². The number of hydrogen-bond acceptors (Lipinski definition) is 1. The fourth-order valence-electron chi connectivity index (χ4n) is 0.799. The molecule has 0 unspecified atom stereocenters. The van der Waals surface area contributed by atoms with Crippen molar-refractivity contribution in [2.75, 3.05) is 0 Å². The van der Waals surface area contributed by atoms with E-state index in [0.717, 1.165) is 0 Å². The third-order valence-electron chi connectivity index (χ3n) is 1.06. The van der Waals surface area contributed by atoms with Crippen LogP contribution in [0.5, 0.6) is 0 Å². The van der Waals surface area contributed by atoms with Gasteiger partial charge in [0.05, 0.1) is 0 Å². The first-order valence-corrected chi connectivity index (χ1v) is 4.28. The highest BCUT2D eigenvalue weighted by molar-refractivity contribution is 6.75. The monoisotopic (exact) mass is 168 g/mol. The van der Waals surface area contributed by atoms with Gasteiger partial charge in [-0.3, -0.25) is 4.79 Å². The molecule has 0 aromatic rings. The van der Waals surface area contributed by atoms with Gasteiger partial charge in [-0.1, -0.05) is 26.1 Å². The van der Waals surface area contributed by atoms with Crippen molar-refractivity contribution >= 4 is 13.1 Å². The molecule has 0 rings (SSSR count). The Hall–Kier alpha value is -0.465. The highest BCUT2D eigenvalue weighted by Crippen LogP contribution is 2.20. The number of carbonyl (C=O) groups is 1. The predicted octanol–water partition coefficient (Wildman–Crippen LogP) is 2.42. The second-order valence-electron chi connectivity index (χ2n) is 5.25. The zero-order valence-electron chi connectivity index (χ0n) is 8.99. The van der Waals surface area contributed by atoms with Gasteiger partial charge in [0.15, 0.2) is 5.81 Å². The second-order valence-corrected chi connectivity index (χ2v) is 5.25. The molecule has 0 saturated carbocycles. The average molecular weight is 168 g/mol. The molecule has 0 spiro atoms. The largest absolute Gasteiger partial charge is 0.361 e. The first-order valence-electron chi connectivity index (χ1n) is 4.28. The van der Waals surface area contributed by atoms with Crippen molar-refractivity contribution in [2.24, 2.45) is 0 Å². The van der Waals surface area contributed by atoms with Crippen LogP contribution in [0.2, 0.25) is 5.31 Å². The summed E-state index contributed by atoms with van der Waals surface area (Å²) in [5.41, 5.74) is -0.140. The number of nitrogens with one attached hydrogen (secondary N) is 1. The van der Waals surface area contributed by atoms with Crippen molar-refractivity contribution in [3.05, 3.63) is 0 Å². The summed E-state index contributed by atoms with van der Waals surface area (Å²) in [6, 6.07) is 0. The third-order valence-corrected chi connectivity index (χ3v) is 1.06. The van der Waals surface area contributed by atoms with Gasteiger partial charge in [0.25, 0.3) is 0 Å². The Kier molecular flexibility index (Phi) is 3.37. The molecule has 0 fully saturated rings. The average Bonchev–Trinajstić information content (AvgIpc) is 1.49. The lowest BCUT2D eigenvalue weighted by atomic mass is 9.54. The molecule has 69 valence electrons. The van der Waals surface area contributed by atoms with E-state index in [2.05, 4.69) is 5.32 Å².